The van der Waals surface area contributed by atoms with Crippen LogP contribution >= 0.6 is 0 Å². The van der Waals surface area contributed by atoms with Gasteiger partial charge in [-0.05, 0) is 12.8 Å². The van der Waals surface area contributed by atoms with E-state index in [1.54, 1.807) is 6.21 Å². The van der Waals surface area contributed by atoms with E-state index in [2.05, 4.69) is 16.6 Å². The first-order valence-corrected chi connectivity index (χ1v) is 4.40. The van der Waals surface area contributed by atoms with Gasteiger partial charge in [0.05, 0.1) is 11.9 Å². The summed E-state index contributed by atoms with van der Waals surface area (Å²) in [7, 11) is 0. The van der Waals surface area contributed by atoms with Crippen molar-refractivity contribution in [3.05, 3.63) is 24.1 Å². The lowest BCUT2D eigenvalue weighted by Gasteiger charge is -2.01. The van der Waals surface area contributed by atoms with Crippen molar-refractivity contribution in [1.29, 1.82) is 0 Å². The first-order valence-electron chi connectivity index (χ1n) is 4.40. The van der Waals surface area contributed by atoms with E-state index in [-0.39, 0.29) is 0 Å². The minimum atomic E-state index is 0.564. The number of hydrogen-bond acceptors (Lipinski definition) is 4. The summed E-state index contributed by atoms with van der Waals surface area (Å²) in [5.74, 6) is 1.17. The Labute approximate surface area is 81.9 Å². The molecule has 72 valence electrons. The molecule has 14 heavy (non-hydrogen) atoms. The van der Waals surface area contributed by atoms with Gasteiger partial charge in [0, 0.05) is 18.0 Å². The molecule has 0 saturated carbocycles. The van der Waals surface area contributed by atoms with E-state index in [0.717, 1.165) is 18.4 Å². The first kappa shape index (κ1) is 8.74. The number of nitrogens with two attached hydrogens (primary N) is 1. The largest absolute Gasteiger partial charge is 0.435 e. The topological polar surface area (TPSA) is 63.9 Å². The van der Waals surface area contributed by atoms with Crippen LogP contribution in [0.3, 0.4) is 0 Å². The van der Waals surface area contributed by atoms with Crippen molar-refractivity contribution in [1.82, 2.24) is 0 Å². The molecule has 0 amide bonds. The van der Waals surface area contributed by atoms with Gasteiger partial charge in [0.15, 0.2) is 5.76 Å². The van der Waals surface area contributed by atoms with E-state index < -0.39 is 0 Å². The number of nitrogen functional groups attached to an aromatic ring is 1. The Hall–Kier alpha value is -1.84. The third-order valence-corrected chi connectivity index (χ3v) is 2.08. The fraction of sp³-hybridized carbons (Fsp3) is 0.200. The van der Waals surface area contributed by atoms with Crippen molar-refractivity contribution in [2.24, 2.45) is 9.98 Å². The van der Waals surface area contributed by atoms with Crippen molar-refractivity contribution < 1.29 is 4.42 Å². The highest BCUT2D eigenvalue weighted by Gasteiger charge is 2.17. The Bertz CT molecular complexity index is 415. The number of anilines is 1. The monoisotopic (exact) mass is 189 g/mol. The SMILES string of the molecule is C=C/N=C\c1oc2c(c1N)CCC=N2. The van der Waals surface area contributed by atoms with Gasteiger partial charge in [0.25, 0.3) is 0 Å². The summed E-state index contributed by atoms with van der Waals surface area (Å²) in [6, 6.07) is 0. The molecule has 0 atom stereocenters. The van der Waals surface area contributed by atoms with Crippen LogP contribution in [0.2, 0.25) is 0 Å². The van der Waals surface area contributed by atoms with E-state index >= 15 is 0 Å². The van der Waals surface area contributed by atoms with Crippen molar-refractivity contribution in [3.8, 4) is 0 Å². The Balaban J connectivity index is 2.44. The second-order valence-corrected chi connectivity index (χ2v) is 2.97. The second-order valence-electron chi connectivity index (χ2n) is 2.97. The van der Waals surface area contributed by atoms with Gasteiger partial charge in [0.2, 0.25) is 5.88 Å². The zero-order chi connectivity index (χ0) is 9.97. The van der Waals surface area contributed by atoms with Gasteiger partial charge in [-0.25, -0.2) is 4.99 Å². The van der Waals surface area contributed by atoms with Crippen LogP contribution < -0.4 is 5.73 Å². The molecular formula is C10H11N3O. The Morgan fingerprint density at radius 3 is 3.21 bits per heavy atom. The number of aliphatic imine (C=N–C) groups is 2. The minimum absolute atomic E-state index is 0.564. The molecule has 0 spiro atoms. The van der Waals surface area contributed by atoms with Crippen LogP contribution in [0.25, 0.3) is 0 Å². The van der Waals surface area contributed by atoms with Crippen LogP contribution in [0.1, 0.15) is 17.7 Å². The quantitative estimate of drug-likeness (QED) is 0.724. The zero-order valence-corrected chi connectivity index (χ0v) is 7.73. The number of nitrogens with zero attached hydrogens (tertiary/aromatic N) is 2. The lowest BCUT2D eigenvalue weighted by Crippen LogP contribution is -1.96. The van der Waals surface area contributed by atoms with Crippen LogP contribution in [0, 0.1) is 0 Å². The van der Waals surface area contributed by atoms with Crippen LogP contribution in [0.5, 0.6) is 0 Å². The van der Waals surface area contributed by atoms with Gasteiger partial charge in [-0.2, -0.15) is 0 Å². The molecule has 0 aliphatic carbocycles. The van der Waals surface area contributed by atoms with E-state index in [0.29, 0.717) is 17.3 Å². The molecule has 4 nitrogen and oxygen atoms in total. The highest BCUT2D eigenvalue weighted by molar-refractivity contribution is 5.87. The number of fused-ring (bicyclic) bond motifs is 1. The maximum atomic E-state index is 5.87. The molecule has 1 aliphatic heterocycles. The molecule has 1 aliphatic rings. The van der Waals surface area contributed by atoms with Crippen molar-refractivity contribution >= 4 is 24.0 Å². The fourth-order valence-electron chi connectivity index (χ4n) is 1.40. The molecule has 2 heterocycles. The number of rotatable bonds is 2. The molecule has 0 aromatic carbocycles. The van der Waals surface area contributed by atoms with Gasteiger partial charge < -0.3 is 10.2 Å². The Morgan fingerprint density at radius 2 is 2.50 bits per heavy atom. The van der Waals surface area contributed by atoms with Crippen LogP contribution in [0.4, 0.5) is 11.6 Å². The van der Waals surface area contributed by atoms with Gasteiger partial charge >= 0.3 is 0 Å². The molecule has 0 saturated heterocycles. The van der Waals surface area contributed by atoms with Gasteiger partial charge in [-0.1, -0.05) is 6.58 Å². The standard InChI is InChI=1S/C10H11N3O/c1-2-12-6-8-9(11)7-4-3-5-13-10(7)14-8/h2,5-6H,1,3-4,11H2/b12-6-. The average molecular weight is 189 g/mol. The highest BCUT2D eigenvalue weighted by Crippen LogP contribution is 2.33. The van der Waals surface area contributed by atoms with Gasteiger partial charge in [-0.15, -0.1) is 0 Å². The summed E-state index contributed by atoms with van der Waals surface area (Å²) in [5, 5.41) is 0. The molecular weight excluding hydrogens is 178 g/mol. The number of furan rings is 1. The van der Waals surface area contributed by atoms with E-state index in [1.165, 1.54) is 6.20 Å². The average Bonchev–Trinajstić information content (AvgIpc) is 2.54. The second kappa shape index (κ2) is 3.49. The smallest absolute Gasteiger partial charge is 0.224 e. The summed E-state index contributed by atoms with van der Waals surface area (Å²) in [6.07, 6.45) is 6.62. The van der Waals surface area contributed by atoms with Crippen molar-refractivity contribution in [3.63, 3.8) is 0 Å². The molecule has 2 rings (SSSR count). The maximum absolute atomic E-state index is 5.87. The Morgan fingerprint density at radius 1 is 1.64 bits per heavy atom. The highest BCUT2D eigenvalue weighted by atomic mass is 16.4. The normalized spacial score (nSPS) is 14.6. The predicted octanol–water partition coefficient (Wildman–Crippen LogP) is 2.07. The molecule has 0 radical (unpaired) electrons. The summed E-state index contributed by atoms with van der Waals surface area (Å²) in [6.45, 7) is 3.48. The summed E-state index contributed by atoms with van der Waals surface area (Å²) in [5.41, 5.74) is 7.50. The lowest BCUT2D eigenvalue weighted by atomic mass is 10.1. The minimum Gasteiger partial charge on any atom is -0.435 e. The van der Waals surface area contributed by atoms with E-state index in [9.17, 15) is 0 Å². The van der Waals surface area contributed by atoms with Crippen LogP contribution in [-0.2, 0) is 6.42 Å². The maximum Gasteiger partial charge on any atom is 0.224 e. The number of hydrogen-bond donors (Lipinski definition) is 1. The molecule has 4 heteroatoms. The summed E-state index contributed by atoms with van der Waals surface area (Å²) < 4.78 is 5.42. The molecule has 0 bridgehead atoms. The summed E-state index contributed by atoms with van der Waals surface area (Å²) >= 11 is 0. The van der Waals surface area contributed by atoms with Crippen molar-refractivity contribution in [2.75, 3.05) is 5.73 Å². The van der Waals surface area contributed by atoms with Gasteiger partial charge in [-0.3, -0.25) is 4.99 Å². The predicted molar refractivity (Wildman–Crippen MR) is 57.4 cm³/mol. The summed E-state index contributed by atoms with van der Waals surface area (Å²) in [4.78, 5) is 7.98. The molecule has 0 fully saturated rings. The molecule has 2 N–H and O–H groups in total. The Kier molecular flexibility index (Phi) is 2.18. The molecule has 0 unspecified atom stereocenters. The van der Waals surface area contributed by atoms with Crippen LogP contribution in [-0.4, -0.2) is 12.4 Å². The molecule has 1 aromatic rings. The lowest BCUT2D eigenvalue weighted by molar-refractivity contribution is 0.567. The molecule has 1 aromatic heterocycles. The zero-order valence-electron chi connectivity index (χ0n) is 7.73. The fourth-order valence-corrected chi connectivity index (χ4v) is 1.40. The first-order chi connectivity index (χ1) is 6.83. The van der Waals surface area contributed by atoms with E-state index in [1.807, 2.05) is 6.21 Å². The third kappa shape index (κ3) is 1.35. The third-order valence-electron chi connectivity index (χ3n) is 2.08. The van der Waals surface area contributed by atoms with Gasteiger partial charge in [0.1, 0.15) is 0 Å². The van der Waals surface area contributed by atoms with Crippen molar-refractivity contribution in [2.45, 2.75) is 12.8 Å². The van der Waals surface area contributed by atoms with E-state index in [4.69, 9.17) is 10.2 Å². The van der Waals surface area contributed by atoms with Crippen LogP contribution in [0.15, 0.2) is 27.2 Å².